The Morgan fingerprint density at radius 2 is 1.66 bits per heavy atom. The predicted octanol–water partition coefficient (Wildman–Crippen LogP) is 2.85. The van der Waals surface area contributed by atoms with Crippen molar-refractivity contribution in [2.24, 2.45) is 0 Å². The van der Waals surface area contributed by atoms with Gasteiger partial charge < -0.3 is 29.2 Å². The number of fused-ring (bicyclic) bond motifs is 3. The molecule has 2 aromatic carbocycles. The van der Waals surface area contributed by atoms with E-state index in [1.807, 2.05) is 0 Å². The molecule has 9 heteroatoms. The molecule has 2 aromatic rings. The molecule has 0 saturated heterocycles. The van der Waals surface area contributed by atoms with E-state index in [-0.39, 0.29) is 29.5 Å². The average molecular weight is 485 g/mol. The monoisotopic (exact) mass is 484 g/mol. The number of amides is 2. The van der Waals surface area contributed by atoms with Crippen molar-refractivity contribution in [2.45, 2.75) is 39.3 Å². The van der Waals surface area contributed by atoms with Crippen molar-refractivity contribution in [1.29, 1.82) is 0 Å². The van der Waals surface area contributed by atoms with Crippen LogP contribution >= 0.6 is 0 Å². The minimum atomic E-state index is -0.431. The summed E-state index contributed by atoms with van der Waals surface area (Å²) in [6.07, 6.45) is 1.04. The highest BCUT2D eigenvalue weighted by Crippen LogP contribution is 2.52. The van der Waals surface area contributed by atoms with Gasteiger partial charge in [0, 0.05) is 38.6 Å². The molecule has 0 spiro atoms. The molecule has 35 heavy (non-hydrogen) atoms. The van der Waals surface area contributed by atoms with Gasteiger partial charge in [-0.1, -0.05) is 6.07 Å². The number of ether oxygens (including phenoxy) is 4. The molecule has 0 aliphatic heterocycles. The Bertz CT molecular complexity index is 1210. The summed E-state index contributed by atoms with van der Waals surface area (Å²) in [6.45, 7) is 3.21. The Morgan fingerprint density at radius 3 is 2.20 bits per heavy atom. The number of hydrogen-bond donors (Lipinski definition) is 1. The maximum atomic E-state index is 12.9. The first-order valence-electron chi connectivity index (χ1n) is 11.2. The molecule has 1 aliphatic rings. The standard InChI is InChI=1S/C26H32N2O7/c1-14(29)27-20-10-8-17-19(13-28(3)15(2)30)24(33-5)26(35-7)25(34-6)23(17)16-9-11-22(32-4)21(31)12-18(16)20/h9,11-12,20H,8,10,13H2,1-7H3,(H,27,29)/t20-/m0/s1. The fourth-order valence-corrected chi connectivity index (χ4v) is 4.60. The molecule has 0 aromatic heterocycles. The van der Waals surface area contributed by atoms with Gasteiger partial charge in [0.25, 0.3) is 0 Å². The molecule has 1 aliphatic carbocycles. The van der Waals surface area contributed by atoms with Gasteiger partial charge in [0.2, 0.25) is 23.0 Å². The lowest BCUT2D eigenvalue weighted by Crippen LogP contribution is -2.26. The van der Waals surface area contributed by atoms with Crippen LogP contribution < -0.4 is 29.7 Å². The summed E-state index contributed by atoms with van der Waals surface area (Å²) in [4.78, 5) is 38.7. The Hall–Kier alpha value is -3.75. The highest BCUT2D eigenvalue weighted by atomic mass is 16.5. The second-order valence-corrected chi connectivity index (χ2v) is 8.38. The number of nitrogens with one attached hydrogen (secondary N) is 1. The summed E-state index contributed by atoms with van der Waals surface area (Å²) in [5.74, 6) is 1.15. The lowest BCUT2D eigenvalue weighted by molar-refractivity contribution is -0.128. The van der Waals surface area contributed by atoms with Crippen molar-refractivity contribution >= 4 is 11.8 Å². The Balaban J connectivity index is 2.50. The van der Waals surface area contributed by atoms with Gasteiger partial charge in [-0.3, -0.25) is 14.4 Å². The van der Waals surface area contributed by atoms with Crippen molar-refractivity contribution in [3.8, 4) is 34.1 Å². The SMILES string of the molecule is COc1c(CN(C)C(C)=O)c2c(c(OC)c1OC)-c1ccc(OC)c(=O)cc1[C@@H](NC(C)=O)CC2. The van der Waals surface area contributed by atoms with E-state index in [1.165, 1.54) is 41.2 Å². The minimum absolute atomic E-state index is 0.104. The van der Waals surface area contributed by atoms with Crippen LogP contribution in [-0.2, 0) is 22.6 Å². The van der Waals surface area contributed by atoms with Gasteiger partial charge in [0.05, 0.1) is 34.5 Å². The fourth-order valence-electron chi connectivity index (χ4n) is 4.60. The lowest BCUT2D eigenvalue weighted by Gasteiger charge is -2.26. The van der Waals surface area contributed by atoms with Gasteiger partial charge in [-0.2, -0.15) is 0 Å². The van der Waals surface area contributed by atoms with Gasteiger partial charge in [0.15, 0.2) is 17.2 Å². The molecule has 0 saturated carbocycles. The fraction of sp³-hybridized carbons (Fsp3) is 0.423. The Labute approximate surface area is 204 Å². The molecule has 0 fully saturated rings. The van der Waals surface area contributed by atoms with Crippen LogP contribution in [0.1, 0.15) is 43.0 Å². The molecular formula is C26H32N2O7. The van der Waals surface area contributed by atoms with Crippen LogP contribution in [0.5, 0.6) is 23.0 Å². The van der Waals surface area contributed by atoms with E-state index in [0.717, 1.165) is 16.7 Å². The smallest absolute Gasteiger partial charge is 0.220 e. The zero-order chi connectivity index (χ0) is 25.9. The number of nitrogens with zero attached hydrogens (tertiary/aromatic N) is 1. The predicted molar refractivity (Wildman–Crippen MR) is 131 cm³/mol. The molecule has 0 heterocycles. The van der Waals surface area contributed by atoms with E-state index >= 15 is 0 Å². The molecule has 2 amide bonds. The topological polar surface area (TPSA) is 103 Å². The van der Waals surface area contributed by atoms with E-state index in [9.17, 15) is 14.4 Å². The summed E-state index contributed by atoms with van der Waals surface area (Å²) in [5, 5.41) is 2.98. The number of benzene rings is 1. The highest BCUT2D eigenvalue weighted by Gasteiger charge is 2.33. The van der Waals surface area contributed by atoms with E-state index in [2.05, 4.69) is 5.32 Å². The molecule has 188 valence electrons. The third-order valence-electron chi connectivity index (χ3n) is 6.29. The average Bonchev–Trinajstić information content (AvgIpc) is 3.07. The van der Waals surface area contributed by atoms with Gasteiger partial charge >= 0.3 is 0 Å². The Morgan fingerprint density at radius 1 is 1.00 bits per heavy atom. The number of methoxy groups -OCH3 is 4. The normalized spacial score (nSPS) is 14.1. The second kappa shape index (κ2) is 10.7. The van der Waals surface area contributed by atoms with Gasteiger partial charge in [0.1, 0.15) is 0 Å². The zero-order valence-electron chi connectivity index (χ0n) is 21.2. The quantitative estimate of drug-likeness (QED) is 0.645. The first-order valence-corrected chi connectivity index (χ1v) is 11.2. The van der Waals surface area contributed by atoms with Crippen molar-refractivity contribution in [3.05, 3.63) is 45.1 Å². The summed E-state index contributed by atoms with van der Waals surface area (Å²) < 4.78 is 22.6. The molecule has 1 N–H and O–H groups in total. The van der Waals surface area contributed by atoms with E-state index in [4.69, 9.17) is 18.9 Å². The number of hydrogen-bond acceptors (Lipinski definition) is 7. The lowest BCUT2D eigenvalue weighted by atomic mass is 9.91. The van der Waals surface area contributed by atoms with Crippen LogP contribution in [0.25, 0.3) is 11.1 Å². The van der Waals surface area contributed by atoms with Crippen LogP contribution in [0.15, 0.2) is 23.0 Å². The van der Waals surface area contributed by atoms with E-state index in [1.54, 1.807) is 31.2 Å². The van der Waals surface area contributed by atoms with Crippen molar-refractivity contribution < 1.29 is 28.5 Å². The van der Waals surface area contributed by atoms with E-state index in [0.29, 0.717) is 41.2 Å². The maximum absolute atomic E-state index is 12.9. The van der Waals surface area contributed by atoms with Crippen LogP contribution in [0.2, 0.25) is 0 Å². The number of carbonyl (C=O) groups is 2. The number of rotatable bonds is 7. The first-order chi connectivity index (χ1) is 16.7. The minimum Gasteiger partial charge on any atom is -0.493 e. The summed E-state index contributed by atoms with van der Waals surface area (Å²) >= 11 is 0. The molecule has 0 unspecified atom stereocenters. The third-order valence-corrected chi connectivity index (χ3v) is 6.29. The number of carbonyl (C=O) groups excluding carboxylic acids is 2. The second-order valence-electron chi connectivity index (χ2n) is 8.38. The van der Waals surface area contributed by atoms with Crippen LogP contribution in [0.4, 0.5) is 0 Å². The molecule has 3 rings (SSSR count). The molecular weight excluding hydrogens is 452 g/mol. The van der Waals surface area contributed by atoms with Crippen LogP contribution in [0.3, 0.4) is 0 Å². The van der Waals surface area contributed by atoms with Crippen molar-refractivity contribution in [2.75, 3.05) is 35.5 Å². The first kappa shape index (κ1) is 25.9. The molecule has 0 bridgehead atoms. The summed E-state index contributed by atoms with van der Waals surface area (Å²) in [5.41, 5.74) is 3.42. The summed E-state index contributed by atoms with van der Waals surface area (Å²) in [7, 11) is 7.75. The van der Waals surface area contributed by atoms with Crippen LogP contribution in [0, 0.1) is 0 Å². The maximum Gasteiger partial charge on any atom is 0.220 e. The Kier molecular flexibility index (Phi) is 7.89. The highest BCUT2D eigenvalue weighted by molar-refractivity contribution is 5.85. The van der Waals surface area contributed by atoms with Crippen molar-refractivity contribution in [1.82, 2.24) is 10.2 Å². The zero-order valence-corrected chi connectivity index (χ0v) is 21.2. The largest absolute Gasteiger partial charge is 0.493 e. The van der Waals surface area contributed by atoms with E-state index < -0.39 is 6.04 Å². The third kappa shape index (κ3) is 4.89. The molecule has 0 radical (unpaired) electrons. The molecule has 1 atom stereocenters. The van der Waals surface area contributed by atoms with Crippen molar-refractivity contribution in [3.63, 3.8) is 0 Å². The summed E-state index contributed by atoms with van der Waals surface area (Å²) in [6, 6.07) is 4.47. The van der Waals surface area contributed by atoms with Gasteiger partial charge in [-0.05, 0) is 41.7 Å². The van der Waals surface area contributed by atoms with Gasteiger partial charge in [-0.25, -0.2) is 0 Å². The van der Waals surface area contributed by atoms with Gasteiger partial charge in [-0.15, -0.1) is 0 Å². The molecule has 9 nitrogen and oxygen atoms in total. The van der Waals surface area contributed by atoms with Crippen LogP contribution in [-0.4, -0.2) is 52.2 Å².